The van der Waals surface area contributed by atoms with Gasteiger partial charge in [-0.05, 0) is 66.0 Å². The summed E-state index contributed by atoms with van der Waals surface area (Å²) in [6.07, 6.45) is 0.497. The van der Waals surface area contributed by atoms with Crippen molar-refractivity contribution >= 4 is 17.7 Å². The maximum absolute atomic E-state index is 13.3. The normalized spacial score (nSPS) is 27.0. The monoisotopic (exact) mass is 432 g/mol. The molecule has 2 rings (SSSR count). The quantitative estimate of drug-likeness (QED) is 0.572. The summed E-state index contributed by atoms with van der Waals surface area (Å²) in [6.45, 7) is 13.9. The van der Waals surface area contributed by atoms with Gasteiger partial charge in [-0.15, -0.1) is 0 Å². The lowest BCUT2D eigenvalue weighted by Crippen LogP contribution is -2.56. The first-order valence-electron chi connectivity index (χ1n) is 10.9. The van der Waals surface area contributed by atoms with E-state index in [0.29, 0.717) is 5.56 Å². The van der Waals surface area contributed by atoms with Gasteiger partial charge in [0.25, 0.3) is 0 Å². The van der Waals surface area contributed by atoms with Crippen molar-refractivity contribution < 1.29 is 29.0 Å². The Morgan fingerprint density at radius 3 is 1.94 bits per heavy atom. The summed E-state index contributed by atoms with van der Waals surface area (Å²) in [7, 11) is 0. The van der Waals surface area contributed by atoms with Crippen LogP contribution in [0, 0.1) is 11.8 Å². The van der Waals surface area contributed by atoms with Gasteiger partial charge in [-0.1, -0.05) is 31.2 Å². The van der Waals surface area contributed by atoms with E-state index in [4.69, 9.17) is 9.47 Å². The van der Waals surface area contributed by atoms with E-state index in [1.54, 1.807) is 41.5 Å². The van der Waals surface area contributed by atoms with Crippen LogP contribution < -0.4 is 0 Å². The first kappa shape index (κ1) is 25.1. The van der Waals surface area contributed by atoms with Crippen molar-refractivity contribution in [1.82, 2.24) is 0 Å². The number of esters is 2. The Morgan fingerprint density at radius 1 is 1.00 bits per heavy atom. The molecule has 0 aliphatic heterocycles. The number of ether oxygens (including phenoxy) is 2. The average Bonchev–Trinajstić information content (AvgIpc) is 2.56. The van der Waals surface area contributed by atoms with Crippen molar-refractivity contribution in [2.45, 2.75) is 91.0 Å². The van der Waals surface area contributed by atoms with Crippen LogP contribution in [0.1, 0.15) is 78.9 Å². The van der Waals surface area contributed by atoms with Crippen LogP contribution in [0.3, 0.4) is 0 Å². The van der Waals surface area contributed by atoms with Crippen LogP contribution in [-0.2, 0) is 30.3 Å². The van der Waals surface area contributed by atoms with Gasteiger partial charge in [0.1, 0.15) is 17.1 Å². The van der Waals surface area contributed by atoms with Crippen LogP contribution in [0.25, 0.3) is 0 Å². The number of carbonyl (C=O) groups excluding carboxylic acids is 3. The third-order valence-corrected chi connectivity index (χ3v) is 5.36. The molecule has 1 aliphatic carbocycles. The molecular formula is C25H36O6. The number of benzene rings is 1. The number of Topliss-reactive ketones (excluding diaryl/α,β-unsaturated/α-hetero) is 1. The minimum absolute atomic E-state index is 0.329. The van der Waals surface area contributed by atoms with Gasteiger partial charge in [0.05, 0.1) is 11.5 Å². The molecule has 0 heterocycles. The summed E-state index contributed by atoms with van der Waals surface area (Å²) in [4.78, 5) is 39.5. The summed E-state index contributed by atoms with van der Waals surface area (Å²) in [5.41, 5.74) is -1.54. The first-order valence-corrected chi connectivity index (χ1v) is 10.9. The molecule has 0 bridgehead atoms. The SMILES string of the molecule is CCc1ccc([C@@H]2[C@H](C(=O)OC(C)(C)C)C(=O)C[C@](C)(O)[C@@H]2C(=O)OC(C)(C)C)cc1. The Morgan fingerprint density at radius 2 is 1.48 bits per heavy atom. The van der Waals surface area contributed by atoms with Crippen molar-refractivity contribution in [2.24, 2.45) is 11.8 Å². The van der Waals surface area contributed by atoms with E-state index in [-0.39, 0.29) is 6.42 Å². The second-order valence-electron chi connectivity index (χ2n) is 10.6. The van der Waals surface area contributed by atoms with E-state index in [1.165, 1.54) is 6.92 Å². The molecule has 1 fully saturated rings. The van der Waals surface area contributed by atoms with E-state index >= 15 is 0 Å². The van der Waals surface area contributed by atoms with E-state index < -0.39 is 52.3 Å². The highest BCUT2D eigenvalue weighted by Crippen LogP contribution is 2.47. The lowest BCUT2D eigenvalue weighted by molar-refractivity contribution is -0.182. The third-order valence-electron chi connectivity index (χ3n) is 5.36. The predicted molar refractivity (Wildman–Crippen MR) is 117 cm³/mol. The average molecular weight is 433 g/mol. The molecule has 31 heavy (non-hydrogen) atoms. The highest BCUT2D eigenvalue weighted by Gasteiger charge is 2.57. The second kappa shape index (κ2) is 8.73. The Balaban J connectivity index is 2.63. The highest BCUT2D eigenvalue weighted by molar-refractivity contribution is 6.03. The molecular weight excluding hydrogens is 396 g/mol. The zero-order chi connectivity index (χ0) is 23.8. The van der Waals surface area contributed by atoms with E-state index in [2.05, 4.69) is 0 Å². The summed E-state index contributed by atoms with van der Waals surface area (Å²) in [6, 6.07) is 7.43. The molecule has 6 nitrogen and oxygen atoms in total. The van der Waals surface area contributed by atoms with Crippen LogP contribution in [0.4, 0.5) is 0 Å². The Bertz CT molecular complexity index is 823. The van der Waals surface area contributed by atoms with Crippen molar-refractivity contribution in [3.05, 3.63) is 35.4 Å². The minimum atomic E-state index is -1.66. The molecule has 0 spiro atoms. The molecule has 1 saturated carbocycles. The Labute approximate surface area is 185 Å². The van der Waals surface area contributed by atoms with Gasteiger partial charge in [-0.2, -0.15) is 0 Å². The summed E-state index contributed by atoms with van der Waals surface area (Å²) in [5.74, 6) is -4.97. The minimum Gasteiger partial charge on any atom is -0.460 e. The molecule has 0 aromatic heterocycles. The number of ketones is 1. The highest BCUT2D eigenvalue weighted by atomic mass is 16.6. The van der Waals surface area contributed by atoms with Gasteiger partial charge in [0.15, 0.2) is 5.78 Å². The number of aliphatic hydroxyl groups is 1. The molecule has 1 aromatic rings. The molecule has 0 amide bonds. The van der Waals surface area contributed by atoms with Gasteiger partial charge in [-0.25, -0.2) is 0 Å². The maximum Gasteiger partial charge on any atom is 0.317 e. The zero-order valence-corrected chi connectivity index (χ0v) is 19.9. The number of hydrogen-bond acceptors (Lipinski definition) is 6. The van der Waals surface area contributed by atoms with Gasteiger partial charge < -0.3 is 14.6 Å². The Hall–Kier alpha value is -2.21. The molecule has 1 aromatic carbocycles. The first-order chi connectivity index (χ1) is 14.1. The van der Waals surface area contributed by atoms with Crippen molar-refractivity contribution in [3.8, 4) is 0 Å². The van der Waals surface area contributed by atoms with Gasteiger partial charge >= 0.3 is 11.9 Å². The third kappa shape index (κ3) is 6.16. The summed E-state index contributed by atoms with van der Waals surface area (Å²) in [5, 5.41) is 11.2. The standard InChI is InChI=1S/C25H36O6/c1-9-15-10-12-16(13-11-15)18-19(21(27)30-23(2,3)4)17(26)14-25(8,29)20(18)22(28)31-24(5,6)7/h10-13,18-20,29H,9,14H2,1-8H3/t18-,19-,20+,25+/m1/s1. The lowest BCUT2D eigenvalue weighted by Gasteiger charge is -2.44. The predicted octanol–water partition coefficient (Wildman–Crippen LogP) is 3.97. The molecule has 172 valence electrons. The molecule has 0 radical (unpaired) electrons. The summed E-state index contributed by atoms with van der Waals surface area (Å²) >= 11 is 0. The van der Waals surface area contributed by atoms with Crippen LogP contribution >= 0.6 is 0 Å². The molecule has 0 saturated heterocycles. The molecule has 4 atom stereocenters. The topological polar surface area (TPSA) is 89.9 Å². The zero-order valence-electron chi connectivity index (χ0n) is 19.9. The molecule has 0 unspecified atom stereocenters. The van der Waals surface area contributed by atoms with E-state index in [1.807, 2.05) is 31.2 Å². The number of carbonyl (C=O) groups is 3. The van der Waals surface area contributed by atoms with E-state index in [9.17, 15) is 19.5 Å². The molecule has 6 heteroatoms. The number of aryl methyl sites for hydroxylation is 1. The Kier molecular flexibility index (Phi) is 7.06. The van der Waals surface area contributed by atoms with Gasteiger partial charge in [0, 0.05) is 12.3 Å². The smallest absolute Gasteiger partial charge is 0.317 e. The van der Waals surface area contributed by atoms with Gasteiger partial charge in [0.2, 0.25) is 0 Å². The fourth-order valence-corrected chi connectivity index (χ4v) is 4.12. The maximum atomic E-state index is 13.3. The van der Waals surface area contributed by atoms with Crippen molar-refractivity contribution in [1.29, 1.82) is 0 Å². The van der Waals surface area contributed by atoms with E-state index in [0.717, 1.165) is 12.0 Å². The van der Waals surface area contributed by atoms with Crippen LogP contribution in [0.5, 0.6) is 0 Å². The van der Waals surface area contributed by atoms with Crippen LogP contribution in [0.15, 0.2) is 24.3 Å². The number of hydrogen-bond donors (Lipinski definition) is 1. The fourth-order valence-electron chi connectivity index (χ4n) is 4.12. The number of rotatable bonds is 4. The van der Waals surface area contributed by atoms with Crippen LogP contribution in [0.2, 0.25) is 0 Å². The summed E-state index contributed by atoms with van der Waals surface area (Å²) < 4.78 is 11.2. The molecule has 1 aliphatic rings. The lowest BCUT2D eigenvalue weighted by atomic mass is 9.61. The van der Waals surface area contributed by atoms with Gasteiger partial charge in [-0.3, -0.25) is 14.4 Å². The second-order valence-corrected chi connectivity index (χ2v) is 10.6. The van der Waals surface area contributed by atoms with Crippen molar-refractivity contribution in [2.75, 3.05) is 0 Å². The van der Waals surface area contributed by atoms with Crippen molar-refractivity contribution in [3.63, 3.8) is 0 Å². The molecule has 1 N–H and O–H groups in total. The fraction of sp³-hybridized carbons (Fsp3) is 0.640. The van der Waals surface area contributed by atoms with Crippen LogP contribution in [-0.4, -0.2) is 39.6 Å². The largest absolute Gasteiger partial charge is 0.460 e.